The van der Waals surface area contributed by atoms with Crippen molar-refractivity contribution < 1.29 is 18.7 Å². The van der Waals surface area contributed by atoms with E-state index < -0.39 is 0 Å². The lowest BCUT2D eigenvalue weighted by atomic mass is 10.2. The van der Waals surface area contributed by atoms with Gasteiger partial charge >= 0.3 is 5.97 Å². The molecule has 0 atom stereocenters. The normalized spacial score (nSPS) is 11.1. The van der Waals surface area contributed by atoms with Gasteiger partial charge in [0.2, 0.25) is 0 Å². The lowest BCUT2D eigenvalue weighted by molar-refractivity contribution is -0.140. The predicted molar refractivity (Wildman–Crippen MR) is 94.2 cm³/mol. The largest absolute Gasteiger partial charge is 0.469 e. The minimum atomic E-state index is -0.374. The Morgan fingerprint density at radius 2 is 2.08 bits per heavy atom. The molecule has 0 radical (unpaired) electrons. The van der Waals surface area contributed by atoms with Crippen molar-refractivity contribution in [1.29, 1.82) is 0 Å². The van der Waals surface area contributed by atoms with E-state index in [0.717, 1.165) is 11.3 Å². The predicted octanol–water partition coefficient (Wildman–Crippen LogP) is 4.36. The molecule has 1 aromatic heterocycles. The fraction of sp³-hybridized carbons (Fsp3) is 0.412. The molecule has 0 aliphatic heterocycles. The maximum atomic E-state index is 13.4. The number of thiophene rings is 1. The highest BCUT2D eigenvalue weighted by atomic mass is 35.5. The molecule has 1 amide bonds. The van der Waals surface area contributed by atoms with Gasteiger partial charge in [-0.05, 0) is 24.1 Å². The van der Waals surface area contributed by atoms with Crippen molar-refractivity contribution in [2.24, 2.45) is 5.92 Å². The van der Waals surface area contributed by atoms with E-state index in [1.165, 1.54) is 19.2 Å². The number of hydrogen-bond donors (Lipinski definition) is 0. The van der Waals surface area contributed by atoms with E-state index in [-0.39, 0.29) is 36.6 Å². The number of carbonyl (C=O) groups excluding carboxylic acids is 2. The molecule has 0 saturated heterocycles. The summed E-state index contributed by atoms with van der Waals surface area (Å²) in [5, 5.41) is 0.982. The number of fused-ring (bicyclic) bond motifs is 1. The number of carbonyl (C=O) groups is 2. The zero-order valence-corrected chi connectivity index (χ0v) is 15.3. The van der Waals surface area contributed by atoms with Gasteiger partial charge in [0, 0.05) is 23.2 Å². The topological polar surface area (TPSA) is 46.6 Å². The number of methoxy groups -OCH3 is 1. The molecule has 0 saturated carbocycles. The van der Waals surface area contributed by atoms with Crippen molar-refractivity contribution in [1.82, 2.24) is 4.90 Å². The number of ether oxygens (including phenoxy) is 1. The third-order valence-electron chi connectivity index (χ3n) is 3.47. The molecule has 7 heteroatoms. The van der Waals surface area contributed by atoms with Gasteiger partial charge in [-0.3, -0.25) is 9.59 Å². The summed E-state index contributed by atoms with van der Waals surface area (Å²) in [6, 6.07) is 4.25. The van der Waals surface area contributed by atoms with Crippen LogP contribution in [0.1, 0.15) is 29.9 Å². The summed E-state index contributed by atoms with van der Waals surface area (Å²) in [7, 11) is 1.31. The highest BCUT2D eigenvalue weighted by Gasteiger charge is 2.24. The Hall–Kier alpha value is -1.66. The minimum absolute atomic E-state index is 0.117. The molecule has 0 fully saturated rings. The van der Waals surface area contributed by atoms with Crippen LogP contribution in [0.25, 0.3) is 10.1 Å². The second kappa shape index (κ2) is 7.94. The second-order valence-electron chi connectivity index (χ2n) is 5.86. The van der Waals surface area contributed by atoms with Crippen molar-refractivity contribution >= 4 is 44.9 Å². The zero-order valence-electron chi connectivity index (χ0n) is 13.8. The lowest BCUT2D eigenvalue weighted by Crippen LogP contribution is -2.35. The van der Waals surface area contributed by atoms with Crippen LogP contribution in [0, 0.1) is 11.7 Å². The van der Waals surface area contributed by atoms with Gasteiger partial charge in [-0.2, -0.15) is 0 Å². The van der Waals surface area contributed by atoms with E-state index >= 15 is 0 Å². The number of rotatable bonds is 6. The van der Waals surface area contributed by atoms with Crippen LogP contribution in [-0.2, 0) is 9.53 Å². The van der Waals surface area contributed by atoms with Gasteiger partial charge in [-0.15, -0.1) is 11.3 Å². The Morgan fingerprint density at radius 1 is 1.38 bits per heavy atom. The first kappa shape index (κ1) is 18.7. The summed E-state index contributed by atoms with van der Waals surface area (Å²) in [4.78, 5) is 26.2. The fourth-order valence-corrected chi connectivity index (χ4v) is 3.87. The molecule has 0 unspecified atom stereocenters. The Kier molecular flexibility index (Phi) is 6.18. The average molecular weight is 372 g/mol. The monoisotopic (exact) mass is 371 g/mol. The summed E-state index contributed by atoms with van der Waals surface area (Å²) >= 11 is 7.49. The first-order valence-corrected chi connectivity index (χ1v) is 8.76. The molecule has 1 heterocycles. The van der Waals surface area contributed by atoms with Crippen LogP contribution in [0.4, 0.5) is 4.39 Å². The van der Waals surface area contributed by atoms with Gasteiger partial charge < -0.3 is 9.64 Å². The van der Waals surface area contributed by atoms with E-state index in [9.17, 15) is 14.0 Å². The van der Waals surface area contributed by atoms with Crippen LogP contribution in [0.15, 0.2) is 18.2 Å². The van der Waals surface area contributed by atoms with Crippen LogP contribution in [0.2, 0.25) is 5.02 Å². The third kappa shape index (κ3) is 4.24. The minimum Gasteiger partial charge on any atom is -0.469 e. The summed E-state index contributed by atoms with van der Waals surface area (Å²) in [5.41, 5.74) is 0. The molecule has 0 spiro atoms. The molecule has 1 aromatic carbocycles. The van der Waals surface area contributed by atoms with Crippen LogP contribution in [-0.4, -0.2) is 37.0 Å². The molecule has 0 bridgehead atoms. The molecular weight excluding hydrogens is 353 g/mol. The molecule has 0 aliphatic carbocycles. The van der Waals surface area contributed by atoms with Gasteiger partial charge in [0.1, 0.15) is 10.7 Å². The molecule has 130 valence electrons. The maximum absolute atomic E-state index is 13.4. The quantitative estimate of drug-likeness (QED) is 0.709. The molecular formula is C17H19ClFNO3S. The molecule has 2 rings (SSSR count). The maximum Gasteiger partial charge on any atom is 0.307 e. The summed E-state index contributed by atoms with van der Waals surface area (Å²) in [6.45, 7) is 4.72. The number of halogens is 2. The Bertz CT molecular complexity index is 760. The van der Waals surface area contributed by atoms with E-state index in [2.05, 4.69) is 4.74 Å². The van der Waals surface area contributed by atoms with Gasteiger partial charge in [0.15, 0.2) is 0 Å². The second-order valence-corrected chi connectivity index (χ2v) is 7.29. The van der Waals surface area contributed by atoms with Gasteiger partial charge in [0.25, 0.3) is 5.91 Å². The van der Waals surface area contributed by atoms with Crippen molar-refractivity contribution in [3.05, 3.63) is 33.9 Å². The Morgan fingerprint density at radius 3 is 2.71 bits per heavy atom. The number of amides is 1. The molecule has 0 aliphatic rings. The number of benzene rings is 1. The van der Waals surface area contributed by atoms with Crippen molar-refractivity contribution in [3.63, 3.8) is 0 Å². The molecule has 24 heavy (non-hydrogen) atoms. The van der Waals surface area contributed by atoms with Crippen molar-refractivity contribution in [2.45, 2.75) is 20.3 Å². The SMILES string of the molecule is COC(=O)CCN(CC(C)C)C(=O)c1sc2cc(F)ccc2c1Cl. The van der Waals surface area contributed by atoms with Crippen LogP contribution in [0.3, 0.4) is 0 Å². The van der Waals surface area contributed by atoms with Crippen molar-refractivity contribution in [2.75, 3.05) is 20.2 Å². The van der Waals surface area contributed by atoms with Crippen LogP contribution < -0.4 is 0 Å². The fourth-order valence-electron chi connectivity index (χ4n) is 2.36. The average Bonchev–Trinajstić information content (AvgIpc) is 2.86. The van der Waals surface area contributed by atoms with Crippen molar-refractivity contribution in [3.8, 4) is 0 Å². The van der Waals surface area contributed by atoms with E-state index in [0.29, 0.717) is 26.5 Å². The standard InChI is InChI=1S/C17H19ClFNO3S/c1-10(2)9-20(7-6-14(21)23-3)17(22)16-15(18)12-5-4-11(19)8-13(12)24-16/h4-5,8,10H,6-7,9H2,1-3H3. The van der Waals surface area contributed by atoms with E-state index in [1.807, 2.05) is 13.8 Å². The van der Waals surface area contributed by atoms with Gasteiger partial charge in [0.05, 0.1) is 18.6 Å². The number of esters is 1. The molecule has 4 nitrogen and oxygen atoms in total. The smallest absolute Gasteiger partial charge is 0.307 e. The van der Waals surface area contributed by atoms with E-state index in [1.54, 1.807) is 11.0 Å². The first-order valence-electron chi connectivity index (χ1n) is 7.57. The Labute approximate surface area is 149 Å². The summed E-state index contributed by atoms with van der Waals surface area (Å²) in [6.07, 6.45) is 0.117. The summed E-state index contributed by atoms with van der Waals surface area (Å²) < 4.78 is 18.6. The van der Waals surface area contributed by atoms with Gasteiger partial charge in [-0.25, -0.2) is 4.39 Å². The third-order valence-corrected chi connectivity index (χ3v) is 5.12. The van der Waals surface area contributed by atoms with Crippen LogP contribution >= 0.6 is 22.9 Å². The Balaban J connectivity index is 2.31. The number of hydrogen-bond acceptors (Lipinski definition) is 4. The number of nitrogens with zero attached hydrogens (tertiary/aromatic N) is 1. The van der Waals surface area contributed by atoms with E-state index in [4.69, 9.17) is 11.6 Å². The highest BCUT2D eigenvalue weighted by Crippen LogP contribution is 2.36. The molecule has 0 N–H and O–H groups in total. The molecule has 2 aromatic rings. The lowest BCUT2D eigenvalue weighted by Gasteiger charge is -2.23. The zero-order chi connectivity index (χ0) is 17.9. The summed E-state index contributed by atoms with van der Waals surface area (Å²) in [5.74, 6) is -0.762. The first-order chi connectivity index (χ1) is 11.3. The highest BCUT2D eigenvalue weighted by molar-refractivity contribution is 7.21. The van der Waals surface area contributed by atoms with Crippen LogP contribution in [0.5, 0.6) is 0 Å². The van der Waals surface area contributed by atoms with Gasteiger partial charge in [-0.1, -0.05) is 25.4 Å².